The first-order chi connectivity index (χ1) is 11.4. The second kappa shape index (κ2) is 5.40. The van der Waals surface area contributed by atoms with Crippen molar-refractivity contribution in [1.29, 1.82) is 0 Å². The number of hydrogen-bond acceptors (Lipinski definition) is 6. The van der Waals surface area contributed by atoms with Crippen LogP contribution < -0.4 is 4.72 Å². The quantitative estimate of drug-likeness (QED) is 0.782. The van der Waals surface area contributed by atoms with Crippen LogP contribution in [-0.2, 0) is 25.0 Å². The van der Waals surface area contributed by atoms with Gasteiger partial charge >= 0.3 is 5.97 Å². The summed E-state index contributed by atoms with van der Waals surface area (Å²) in [6, 6.07) is 1.65. The Kier molecular flexibility index (Phi) is 3.56. The van der Waals surface area contributed by atoms with E-state index in [2.05, 4.69) is 14.9 Å². The zero-order valence-electron chi connectivity index (χ0n) is 13.6. The molecular weight excluding hydrogens is 330 g/mol. The lowest BCUT2D eigenvalue weighted by molar-refractivity contribution is -0.150. The van der Waals surface area contributed by atoms with Gasteiger partial charge in [0.1, 0.15) is 5.41 Å². The largest absolute Gasteiger partial charge is 0.465 e. The maximum atomic E-state index is 12.6. The molecule has 7 nitrogen and oxygen atoms in total. The van der Waals surface area contributed by atoms with Crippen LogP contribution in [0.15, 0.2) is 12.3 Å². The molecule has 2 atom stereocenters. The van der Waals surface area contributed by atoms with Gasteiger partial charge in [0.25, 0.3) is 0 Å². The first-order valence-corrected chi connectivity index (χ1v) is 10.0. The molecule has 2 unspecified atom stereocenters. The van der Waals surface area contributed by atoms with Crippen LogP contribution in [0.3, 0.4) is 0 Å². The van der Waals surface area contributed by atoms with Gasteiger partial charge in [0.05, 0.1) is 29.4 Å². The van der Waals surface area contributed by atoms with Crippen molar-refractivity contribution in [1.82, 2.24) is 10.2 Å². The Hall–Kier alpha value is -1.70. The normalized spacial score (nSPS) is 31.4. The average Bonchev–Trinajstić information content (AvgIpc) is 3.46. The molecule has 3 saturated carbocycles. The average molecular weight is 351 g/mol. The smallest absolute Gasteiger partial charge is 0.318 e. The highest BCUT2D eigenvalue weighted by Crippen LogP contribution is 2.60. The highest BCUT2D eigenvalue weighted by molar-refractivity contribution is 7.93. The molecular formula is C16H21N3O4S. The number of anilines is 1. The van der Waals surface area contributed by atoms with Crippen LogP contribution in [0.25, 0.3) is 0 Å². The summed E-state index contributed by atoms with van der Waals surface area (Å²) < 4.78 is 32.1. The van der Waals surface area contributed by atoms with Crippen molar-refractivity contribution in [2.75, 3.05) is 11.3 Å². The van der Waals surface area contributed by atoms with E-state index in [1.54, 1.807) is 13.0 Å². The van der Waals surface area contributed by atoms with Gasteiger partial charge in [-0.15, -0.1) is 0 Å². The molecule has 0 bridgehead atoms. The summed E-state index contributed by atoms with van der Waals surface area (Å²) in [6.07, 6.45) is 5.35. The summed E-state index contributed by atoms with van der Waals surface area (Å²) in [6.45, 7) is 2.10. The fourth-order valence-corrected chi connectivity index (χ4v) is 5.18. The van der Waals surface area contributed by atoms with Crippen LogP contribution in [0.4, 0.5) is 5.69 Å². The molecule has 1 heterocycles. The van der Waals surface area contributed by atoms with Crippen molar-refractivity contribution in [3.05, 3.63) is 18.0 Å². The van der Waals surface area contributed by atoms with E-state index in [-0.39, 0.29) is 11.2 Å². The molecule has 0 spiro atoms. The lowest BCUT2D eigenvalue weighted by Crippen LogP contribution is -2.37. The Morgan fingerprint density at radius 2 is 2.08 bits per heavy atom. The number of rotatable bonds is 6. The Labute approximate surface area is 141 Å². The SMILES string of the molecule is CCOC(=O)C1(c2cc(NS(=O)(=O)C3CC3)cnn2)CC2CC2C1. The van der Waals surface area contributed by atoms with Gasteiger partial charge in [-0.2, -0.15) is 10.2 Å². The zero-order chi connectivity index (χ0) is 16.9. The fraction of sp³-hybridized carbons (Fsp3) is 0.688. The van der Waals surface area contributed by atoms with Crippen molar-refractivity contribution >= 4 is 21.7 Å². The molecule has 0 saturated heterocycles. The minimum Gasteiger partial charge on any atom is -0.465 e. The molecule has 3 aliphatic carbocycles. The minimum atomic E-state index is -3.37. The van der Waals surface area contributed by atoms with Crippen LogP contribution >= 0.6 is 0 Å². The van der Waals surface area contributed by atoms with Gasteiger partial charge < -0.3 is 4.74 Å². The fourth-order valence-electron chi connectivity index (χ4n) is 3.82. The standard InChI is InChI=1S/C16H21N3O4S/c1-2-23-15(20)16(7-10-5-11(10)8-16)14-6-12(9-17-18-14)19-24(21,22)13-3-4-13/h6,9-11,13H,2-5,7-8H2,1H3,(H,18,19). The van der Waals surface area contributed by atoms with E-state index in [1.807, 2.05) is 0 Å². The number of aromatic nitrogens is 2. The number of sulfonamides is 1. The van der Waals surface area contributed by atoms with Crippen LogP contribution in [0.2, 0.25) is 0 Å². The lowest BCUT2D eigenvalue weighted by Gasteiger charge is -2.27. The first-order valence-electron chi connectivity index (χ1n) is 8.46. The van der Waals surface area contributed by atoms with Crippen molar-refractivity contribution in [3.8, 4) is 0 Å². The Morgan fingerprint density at radius 3 is 2.71 bits per heavy atom. The van der Waals surface area contributed by atoms with E-state index >= 15 is 0 Å². The monoisotopic (exact) mass is 351 g/mol. The van der Waals surface area contributed by atoms with Crippen molar-refractivity contribution in [2.45, 2.75) is 49.7 Å². The van der Waals surface area contributed by atoms with Gasteiger partial charge in [-0.1, -0.05) is 0 Å². The second-order valence-corrected chi connectivity index (χ2v) is 9.10. The highest BCUT2D eigenvalue weighted by atomic mass is 32.2. The van der Waals surface area contributed by atoms with E-state index in [1.165, 1.54) is 6.20 Å². The predicted molar refractivity (Wildman–Crippen MR) is 86.7 cm³/mol. The summed E-state index contributed by atoms with van der Waals surface area (Å²) in [5.74, 6) is 0.819. The molecule has 130 valence electrons. The number of hydrogen-bond donors (Lipinski definition) is 1. The van der Waals surface area contributed by atoms with E-state index in [9.17, 15) is 13.2 Å². The van der Waals surface area contributed by atoms with E-state index in [4.69, 9.17) is 4.74 Å². The number of esters is 1. The molecule has 3 fully saturated rings. The summed E-state index contributed by atoms with van der Waals surface area (Å²) in [7, 11) is -3.37. The molecule has 24 heavy (non-hydrogen) atoms. The Morgan fingerprint density at radius 1 is 1.38 bits per heavy atom. The molecule has 4 rings (SSSR count). The minimum absolute atomic E-state index is 0.270. The second-order valence-electron chi connectivity index (χ2n) is 7.14. The Balaban J connectivity index is 1.64. The number of carbonyl (C=O) groups excluding carboxylic acids is 1. The van der Waals surface area contributed by atoms with Gasteiger partial charge in [-0.05, 0) is 56.9 Å². The van der Waals surface area contributed by atoms with Gasteiger partial charge in [-0.25, -0.2) is 8.42 Å². The van der Waals surface area contributed by atoms with Gasteiger partial charge in [0.15, 0.2) is 0 Å². The summed E-state index contributed by atoms with van der Waals surface area (Å²) in [4.78, 5) is 12.6. The maximum absolute atomic E-state index is 12.6. The van der Waals surface area contributed by atoms with Crippen molar-refractivity contribution in [2.24, 2.45) is 11.8 Å². The molecule has 0 radical (unpaired) electrons. The number of ether oxygens (including phenoxy) is 1. The van der Waals surface area contributed by atoms with Crippen LogP contribution in [0.1, 0.15) is 44.7 Å². The van der Waals surface area contributed by atoms with Gasteiger partial charge in [0.2, 0.25) is 10.0 Å². The molecule has 1 aromatic rings. The molecule has 0 amide bonds. The summed E-state index contributed by atoms with van der Waals surface area (Å²) in [5.41, 5.74) is 0.109. The van der Waals surface area contributed by atoms with Crippen molar-refractivity contribution < 1.29 is 17.9 Å². The Bertz CT molecular complexity index is 765. The molecule has 1 N–H and O–H groups in total. The van der Waals surface area contributed by atoms with Crippen LogP contribution in [-0.4, -0.2) is 36.4 Å². The van der Waals surface area contributed by atoms with E-state index in [0.717, 1.165) is 6.42 Å². The zero-order valence-corrected chi connectivity index (χ0v) is 14.4. The van der Waals surface area contributed by atoms with Gasteiger partial charge in [-0.3, -0.25) is 9.52 Å². The first kappa shape index (κ1) is 15.8. The lowest BCUT2D eigenvalue weighted by atomic mass is 9.79. The molecule has 3 aliphatic rings. The third-order valence-corrected chi connectivity index (χ3v) is 7.19. The number of carbonyl (C=O) groups is 1. The van der Waals surface area contributed by atoms with E-state index in [0.29, 0.717) is 55.5 Å². The number of fused-ring (bicyclic) bond motifs is 1. The van der Waals surface area contributed by atoms with Crippen LogP contribution in [0, 0.1) is 11.8 Å². The highest BCUT2D eigenvalue weighted by Gasteiger charge is 2.60. The van der Waals surface area contributed by atoms with Crippen LogP contribution in [0.5, 0.6) is 0 Å². The summed E-state index contributed by atoms with van der Waals surface area (Å²) >= 11 is 0. The topological polar surface area (TPSA) is 98.2 Å². The third kappa shape index (κ3) is 2.66. The number of nitrogens with zero attached hydrogens (tertiary/aromatic N) is 2. The number of nitrogens with one attached hydrogen (secondary N) is 1. The molecule has 0 aliphatic heterocycles. The predicted octanol–water partition coefficient (Wildman–Crippen LogP) is 1.61. The van der Waals surface area contributed by atoms with Gasteiger partial charge in [0, 0.05) is 0 Å². The molecule has 8 heteroatoms. The van der Waals surface area contributed by atoms with Crippen molar-refractivity contribution in [3.63, 3.8) is 0 Å². The summed E-state index contributed by atoms with van der Waals surface area (Å²) in [5, 5.41) is 7.78. The molecule has 0 aromatic carbocycles. The molecule has 1 aromatic heterocycles. The van der Waals surface area contributed by atoms with E-state index < -0.39 is 15.4 Å². The maximum Gasteiger partial charge on any atom is 0.318 e. The third-order valence-electron chi connectivity index (χ3n) is 5.32.